The van der Waals surface area contributed by atoms with Crippen molar-refractivity contribution in [3.8, 4) is 0 Å². The molecule has 0 radical (unpaired) electrons. The predicted molar refractivity (Wildman–Crippen MR) is 89.8 cm³/mol. The first-order valence-electron chi connectivity index (χ1n) is 7.42. The van der Waals surface area contributed by atoms with E-state index in [4.69, 9.17) is 0 Å². The molecule has 1 amide bonds. The van der Waals surface area contributed by atoms with E-state index in [2.05, 4.69) is 10.3 Å². The third kappa shape index (κ3) is 3.59. The Labute approximate surface area is 135 Å². The SMILES string of the molecule is CC(C)[C@H](NC(=O)c1cc(N(C)C)nc2ccccc12)C(=O)O. The molecule has 6 heteroatoms. The fourth-order valence-electron chi connectivity index (χ4n) is 2.31. The Kier molecular flexibility index (Phi) is 4.83. The second kappa shape index (κ2) is 6.64. The number of hydrogen-bond donors (Lipinski definition) is 2. The zero-order chi connectivity index (χ0) is 17.1. The van der Waals surface area contributed by atoms with E-state index >= 15 is 0 Å². The molecule has 0 bridgehead atoms. The number of rotatable bonds is 5. The van der Waals surface area contributed by atoms with Gasteiger partial charge in [-0.25, -0.2) is 9.78 Å². The molecule has 0 aliphatic rings. The van der Waals surface area contributed by atoms with Crippen molar-refractivity contribution in [3.63, 3.8) is 0 Å². The normalized spacial score (nSPS) is 12.2. The first-order chi connectivity index (χ1) is 10.8. The van der Waals surface area contributed by atoms with Crippen LogP contribution in [0.2, 0.25) is 0 Å². The molecule has 1 heterocycles. The number of carbonyl (C=O) groups excluding carboxylic acids is 1. The maximum absolute atomic E-state index is 12.6. The highest BCUT2D eigenvalue weighted by atomic mass is 16.4. The third-order valence-corrected chi connectivity index (χ3v) is 3.62. The summed E-state index contributed by atoms with van der Waals surface area (Å²) >= 11 is 0. The number of aliphatic carboxylic acids is 1. The zero-order valence-electron chi connectivity index (χ0n) is 13.7. The molecule has 0 saturated carbocycles. The van der Waals surface area contributed by atoms with E-state index in [1.54, 1.807) is 24.8 Å². The summed E-state index contributed by atoms with van der Waals surface area (Å²) < 4.78 is 0. The van der Waals surface area contributed by atoms with Gasteiger partial charge < -0.3 is 15.3 Å². The van der Waals surface area contributed by atoms with Crippen molar-refractivity contribution in [1.82, 2.24) is 10.3 Å². The molecule has 23 heavy (non-hydrogen) atoms. The standard InChI is InChI=1S/C17H21N3O3/c1-10(2)15(17(22)23)19-16(21)12-9-14(20(3)4)18-13-8-6-5-7-11(12)13/h5-10,15H,1-4H3,(H,19,21)(H,22,23)/t15-/m0/s1. The molecule has 0 aliphatic heterocycles. The summed E-state index contributed by atoms with van der Waals surface area (Å²) in [4.78, 5) is 30.2. The van der Waals surface area contributed by atoms with Gasteiger partial charge in [0.05, 0.1) is 11.1 Å². The Hall–Kier alpha value is -2.63. The Morgan fingerprint density at radius 2 is 1.87 bits per heavy atom. The first kappa shape index (κ1) is 16.7. The van der Waals surface area contributed by atoms with Crippen LogP contribution in [0.1, 0.15) is 24.2 Å². The molecule has 122 valence electrons. The predicted octanol–water partition coefficient (Wildman–Crippen LogP) is 2.14. The summed E-state index contributed by atoms with van der Waals surface area (Å²) in [6, 6.07) is 8.06. The van der Waals surface area contributed by atoms with E-state index in [1.807, 2.05) is 38.4 Å². The van der Waals surface area contributed by atoms with E-state index in [0.717, 1.165) is 0 Å². The van der Waals surface area contributed by atoms with E-state index in [0.29, 0.717) is 22.3 Å². The van der Waals surface area contributed by atoms with Gasteiger partial charge in [0, 0.05) is 19.5 Å². The van der Waals surface area contributed by atoms with Crippen molar-refractivity contribution in [1.29, 1.82) is 0 Å². The number of benzene rings is 1. The molecular formula is C17H21N3O3. The molecule has 0 aliphatic carbocycles. The molecular weight excluding hydrogens is 294 g/mol. The molecule has 0 spiro atoms. The van der Waals surface area contributed by atoms with Crippen molar-refractivity contribution in [2.45, 2.75) is 19.9 Å². The number of nitrogens with one attached hydrogen (secondary N) is 1. The summed E-state index contributed by atoms with van der Waals surface area (Å²) in [6.07, 6.45) is 0. The van der Waals surface area contributed by atoms with Gasteiger partial charge in [0.25, 0.3) is 5.91 Å². The number of amides is 1. The number of anilines is 1. The molecule has 0 saturated heterocycles. The lowest BCUT2D eigenvalue weighted by Gasteiger charge is -2.19. The average Bonchev–Trinajstić information content (AvgIpc) is 2.50. The first-order valence-corrected chi connectivity index (χ1v) is 7.42. The molecule has 2 rings (SSSR count). The van der Waals surface area contributed by atoms with Crippen molar-refractivity contribution in [3.05, 3.63) is 35.9 Å². The number of carboxylic acids is 1. The van der Waals surface area contributed by atoms with Crippen LogP contribution in [-0.4, -0.2) is 42.1 Å². The lowest BCUT2D eigenvalue weighted by Crippen LogP contribution is -2.44. The fourth-order valence-corrected chi connectivity index (χ4v) is 2.31. The average molecular weight is 315 g/mol. The van der Waals surface area contributed by atoms with E-state index in [-0.39, 0.29) is 5.92 Å². The highest BCUT2D eigenvalue weighted by Crippen LogP contribution is 2.22. The minimum atomic E-state index is -1.04. The van der Waals surface area contributed by atoms with Crippen LogP contribution in [-0.2, 0) is 4.79 Å². The topological polar surface area (TPSA) is 82.5 Å². The van der Waals surface area contributed by atoms with Gasteiger partial charge in [0.15, 0.2) is 0 Å². The van der Waals surface area contributed by atoms with Gasteiger partial charge in [0.1, 0.15) is 11.9 Å². The molecule has 1 atom stereocenters. The number of hydrogen-bond acceptors (Lipinski definition) is 4. The molecule has 1 aromatic carbocycles. The molecule has 0 fully saturated rings. The second-order valence-electron chi connectivity index (χ2n) is 5.97. The summed E-state index contributed by atoms with van der Waals surface area (Å²) in [5.41, 5.74) is 1.12. The van der Waals surface area contributed by atoms with Crippen LogP contribution in [0.5, 0.6) is 0 Å². The van der Waals surface area contributed by atoms with Gasteiger partial charge in [0.2, 0.25) is 0 Å². The van der Waals surface area contributed by atoms with Crippen LogP contribution in [0, 0.1) is 5.92 Å². The van der Waals surface area contributed by atoms with Crippen LogP contribution in [0.15, 0.2) is 30.3 Å². The molecule has 0 unspecified atom stereocenters. The second-order valence-corrected chi connectivity index (χ2v) is 5.97. The van der Waals surface area contributed by atoms with Crippen molar-refractivity contribution < 1.29 is 14.7 Å². The lowest BCUT2D eigenvalue weighted by atomic mass is 10.0. The van der Waals surface area contributed by atoms with Gasteiger partial charge in [-0.05, 0) is 18.1 Å². The van der Waals surface area contributed by atoms with Crippen LogP contribution in [0.25, 0.3) is 10.9 Å². The van der Waals surface area contributed by atoms with Crippen LogP contribution in [0.3, 0.4) is 0 Å². The fraction of sp³-hybridized carbons (Fsp3) is 0.353. The van der Waals surface area contributed by atoms with Gasteiger partial charge >= 0.3 is 5.97 Å². The maximum Gasteiger partial charge on any atom is 0.326 e. The number of carbonyl (C=O) groups is 2. The minimum Gasteiger partial charge on any atom is -0.480 e. The van der Waals surface area contributed by atoms with Crippen molar-refractivity contribution >= 4 is 28.6 Å². The largest absolute Gasteiger partial charge is 0.480 e. The lowest BCUT2D eigenvalue weighted by molar-refractivity contribution is -0.140. The number of carboxylic acid groups (broad SMARTS) is 1. The number of nitrogens with zero attached hydrogens (tertiary/aromatic N) is 2. The third-order valence-electron chi connectivity index (χ3n) is 3.62. The highest BCUT2D eigenvalue weighted by Gasteiger charge is 2.25. The Morgan fingerprint density at radius 3 is 2.43 bits per heavy atom. The smallest absolute Gasteiger partial charge is 0.326 e. The Morgan fingerprint density at radius 1 is 1.22 bits per heavy atom. The quantitative estimate of drug-likeness (QED) is 0.883. The summed E-state index contributed by atoms with van der Waals surface area (Å²) in [5, 5.41) is 12.6. The molecule has 2 N–H and O–H groups in total. The van der Waals surface area contributed by atoms with E-state index in [1.165, 1.54) is 0 Å². The van der Waals surface area contributed by atoms with E-state index in [9.17, 15) is 14.7 Å². The summed E-state index contributed by atoms with van der Waals surface area (Å²) in [7, 11) is 3.68. The molecule has 6 nitrogen and oxygen atoms in total. The number of aromatic nitrogens is 1. The van der Waals surface area contributed by atoms with Crippen LogP contribution >= 0.6 is 0 Å². The van der Waals surface area contributed by atoms with Crippen LogP contribution < -0.4 is 10.2 Å². The van der Waals surface area contributed by atoms with Crippen molar-refractivity contribution in [2.24, 2.45) is 5.92 Å². The van der Waals surface area contributed by atoms with Gasteiger partial charge in [-0.2, -0.15) is 0 Å². The van der Waals surface area contributed by atoms with Gasteiger partial charge in [-0.3, -0.25) is 4.79 Å². The Balaban J connectivity index is 2.48. The number of fused-ring (bicyclic) bond motifs is 1. The monoisotopic (exact) mass is 315 g/mol. The number of para-hydroxylation sites is 1. The van der Waals surface area contributed by atoms with Gasteiger partial charge in [-0.1, -0.05) is 32.0 Å². The Bertz CT molecular complexity index is 741. The van der Waals surface area contributed by atoms with Crippen LogP contribution in [0.4, 0.5) is 5.82 Å². The maximum atomic E-state index is 12.6. The van der Waals surface area contributed by atoms with E-state index < -0.39 is 17.9 Å². The molecule has 2 aromatic rings. The minimum absolute atomic E-state index is 0.210. The zero-order valence-corrected chi connectivity index (χ0v) is 13.7. The summed E-state index contributed by atoms with van der Waals surface area (Å²) in [6.45, 7) is 3.52. The molecule has 1 aromatic heterocycles. The van der Waals surface area contributed by atoms with Crippen molar-refractivity contribution in [2.75, 3.05) is 19.0 Å². The number of pyridine rings is 1. The highest BCUT2D eigenvalue weighted by molar-refractivity contribution is 6.07. The summed E-state index contributed by atoms with van der Waals surface area (Å²) in [5.74, 6) is -1.02. The van der Waals surface area contributed by atoms with Gasteiger partial charge in [-0.15, -0.1) is 0 Å².